The smallest absolute Gasteiger partial charge is 0.129 e. The molecule has 2 heterocycles. The number of piperazine rings is 1. The second kappa shape index (κ2) is 6.10. The van der Waals surface area contributed by atoms with Crippen molar-refractivity contribution in [3.63, 3.8) is 0 Å². The second-order valence-electron chi connectivity index (χ2n) is 6.43. The largest absolute Gasteiger partial charge is 0.353 e. The van der Waals surface area contributed by atoms with Crippen LogP contribution in [0.2, 0.25) is 0 Å². The van der Waals surface area contributed by atoms with E-state index >= 15 is 0 Å². The van der Waals surface area contributed by atoms with Gasteiger partial charge in [0.25, 0.3) is 0 Å². The quantitative estimate of drug-likeness (QED) is 0.914. The minimum absolute atomic E-state index is 0.184. The van der Waals surface area contributed by atoms with E-state index in [0.29, 0.717) is 6.54 Å². The lowest BCUT2D eigenvalue weighted by Gasteiger charge is -2.45. The third kappa shape index (κ3) is 3.30. The number of nitrogens with zero attached hydrogens (tertiary/aromatic N) is 3. The molecule has 0 aliphatic carbocycles. The van der Waals surface area contributed by atoms with Crippen LogP contribution in [0.15, 0.2) is 12.1 Å². The molecule has 0 unspecified atom stereocenters. The van der Waals surface area contributed by atoms with E-state index in [1.807, 2.05) is 0 Å². The molecule has 1 aromatic rings. The van der Waals surface area contributed by atoms with E-state index in [-0.39, 0.29) is 5.54 Å². The molecule has 0 saturated carbocycles. The molecule has 4 nitrogen and oxygen atoms in total. The van der Waals surface area contributed by atoms with Crippen molar-refractivity contribution in [1.29, 1.82) is 0 Å². The molecule has 2 rings (SSSR count). The Morgan fingerprint density at radius 2 is 2.05 bits per heavy atom. The number of anilines is 1. The van der Waals surface area contributed by atoms with Crippen LogP contribution in [0.3, 0.4) is 0 Å². The maximum Gasteiger partial charge on any atom is 0.129 e. The van der Waals surface area contributed by atoms with Crippen LogP contribution in [0, 0.1) is 0 Å². The Labute approximate surface area is 123 Å². The van der Waals surface area contributed by atoms with Gasteiger partial charge >= 0.3 is 0 Å². The molecule has 1 aliphatic rings. The van der Waals surface area contributed by atoms with Crippen LogP contribution in [0.1, 0.15) is 38.4 Å². The lowest BCUT2D eigenvalue weighted by molar-refractivity contribution is 0.138. The van der Waals surface area contributed by atoms with Gasteiger partial charge in [-0.2, -0.15) is 0 Å². The highest BCUT2D eigenvalue weighted by Crippen LogP contribution is 2.24. The molecule has 1 saturated heterocycles. The number of aryl methyl sites for hydroxylation is 1. The van der Waals surface area contributed by atoms with E-state index in [9.17, 15) is 0 Å². The first kappa shape index (κ1) is 15.3. The van der Waals surface area contributed by atoms with Crippen LogP contribution >= 0.6 is 0 Å². The fourth-order valence-electron chi connectivity index (χ4n) is 2.73. The summed E-state index contributed by atoms with van der Waals surface area (Å²) in [5.41, 5.74) is 8.38. The van der Waals surface area contributed by atoms with Gasteiger partial charge in [-0.15, -0.1) is 0 Å². The highest BCUT2D eigenvalue weighted by atomic mass is 15.3. The molecular formula is C16H28N4. The zero-order valence-electron chi connectivity index (χ0n) is 13.3. The van der Waals surface area contributed by atoms with Crippen LogP contribution in [0.4, 0.5) is 5.82 Å². The summed E-state index contributed by atoms with van der Waals surface area (Å²) >= 11 is 0. The SMILES string of the molecule is CCCc1cc(CN)cc(N2CCN(C)C(C)(C)C2)n1. The van der Waals surface area contributed by atoms with Gasteiger partial charge in [0.2, 0.25) is 0 Å². The van der Waals surface area contributed by atoms with Crippen molar-refractivity contribution in [2.75, 3.05) is 31.6 Å². The van der Waals surface area contributed by atoms with Crippen LogP contribution < -0.4 is 10.6 Å². The number of nitrogens with two attached hydrogens (primary N) is 1. The molecule has 0 radical (unpaired) electrons. The first-order valence-corrected chi connectivity index (χ1v) is 7.62. The molecule has 0 spiro atoms. The van der Waals surface area contributed by atoms with Gasteiger partial charge in [-0.3, -0.25) is 4.90 Å². The summed E-state index contributed by atoms with van der Waals surface area (Å²) in [6.45, 7) is 10.5. The summed E-state index contributed by atoms with van der Waals surface area (Å²) in [5.74, 6) is 1.09. The molecule has 0 bridgehead atoms. The van der Waals surface area contributed by atoms with E-state index in [4.69, 9.17) is 10.7 Å². The average Bonchev–Trinajstić information content (AvgIpc) is 2.41. The Kier molecular flexibility index (Phi) is 4.66. The van der Waals surface area contributed by atoms with Crippen molar-refractivity contribution in [2.24, 2.45) is 5.73 Å². The molecule has 1 aromatic heterocycles. The average molecular weight is 276 g/mol. The number of rotatable bonds is 4. The molecule has 1 aliphatic heterocycles. The minimum atomic E-state index is 0.184. The molecule has 20 heavy (non-hydrogen) atoms. The Morgan fingerprint density at radius 1 is 1.30 bits per heavy atom. The summed E-state index contributed by atoms with van der Waals surface area (Å²) in [5, 5.41) is 0. The Balaban J connectivity index is 2.25. The molecular weight excluding hydrogens is 248 g/mol. The van der Waals surface area contributed by atoms with Crippen molar-refractivity contribution in [2.45, 2.75) is 45.7 Å². The lowest BCUT2D eigenvalue weighted by atomic mass is 9.99. The maximum atomic E-state index is 5.83. The zero-order valence-corrected chi connectivity index (χ0v) is 13.3. The predicted molar refractivity (Wildman–Crippen MR) is 85.0 cm³/mol. The number of aromatic nitrogens is 1. The topological polar surface area (TPSA) is 45.4 Å². The molecule has 0 amide bonds. The number of likely N-dealkylation sites (N-methyl/N-ethyl adjacent to an activating group) is 1. The van der Waals surface area contributed by atoms with Crippen molar-refractivity contribution in [3.05, 3.63) is 23.4 Å². The Hall–Kier alpha value is -1.13. The van der Waals surface area contributed by atoms with E-state index in [2.05, 4.69) is 49.8 Å². The third-order valence-electron chi connectivity index (χ3n) is 4.31. The van der Waals surface area contributed by atoms with Gasteiger partial charge in [0.1, 0.15) is 5.82 Å². The predicted octanol–water partition coefficient (Wildman–Crippen LogP) is 2.02. The van der Waals surface area contributed by atoms with Crippen molar-refractivity contribution < 1.29 is 0 Å². The standard InChI is InChI=1S/C16H28N4/c1-5-6-14-9-13(11-17)10-15(18-14)20-8-7-19(4)16(2,3)12-20/h9-10H,5-8,11-12,17H2,1-4H3. The fraction of sp³-hybridized carbons (Fsp3) is 0.688. The lowest BCUT2D eigenvalue weighted by Crippen LogP contribution is -2.57. The Morgan fingerprint density at radius 3 is 2.65 bits per heavy atom. The number of hydrogen-bond donors (Lipinski definition) is 1. The van der Waals surface area contributed by atoms with Crippen LogP contribution in [-0.2, 0) is 13.0 Å². The molecule has 0 aromatic carbocycles. The molecule has 112 valence electrons. The van der Waals surface area contributed by atoms with Crippen molar-refractivity contribution in [1.82, 2.24) is 9.88 Å². The molecule has 0 atom stereocenters. The molecule has 1 fully saturated rings. The molecule has 2 N–H and O–H groups in total. The van der Waals surface area contributed by atoms with Gasteiger partial charge in [-0.25, -0.2) is 4.98 Å². The van der Waals surface area contributed by atoms with Gasteiger partial charge in [0.15, 0.2) is 0 Å². The van der Waals surface area contributed by atoms with E-state index in [1.54, 1.807) is 0 Å². The molecule has 4 heteroatoms. The summed E-state index contributed by atoms with van der Waals surface area (Å²) in [6, 6.07) is 4.30. The third-order valence-corrected chi connectivity index (χ3v) is 4.31. The number of pyridine rings is 1. The van der Waals surface area contributed by atoms with Gasteiger partial charge in [-0.05, 0) is 45.0 Å². The van der Waals surface area contributed by atoms with Gasteiger partial charge in [0.05, 0.1) is 0 Å². The van der Waals surface area contributed by atoms with Gasteiger partial charge in [0, 0.05) is 37.4 Å². The van der Waals surface area contributed by atoms with E-state index in [1.165, 1.54) is 11.3 Å². The van der Waals surface area contributed by atoms with Crippen molar-refractivity contribution >= 4 is 5.82 Å². The van der Waals surface area contributed by atoms with E-state index < -0.39 is 0 Å². The fourth-order valence-corrected chi connectivity index (χ4v) is 2.73. The monoisotopic (exact) mass is 276 g/mol. The summed E-state index contributed by atoms with van der Waals surface area (Å²) in [6.07, 6.45) is 2.15. The van der Waals surface area contributed by atoms with Gasteiger partial charge < -0.3 is 10.6 Å². The minimum Gasteiger partial charge on any atom is -0.353 e. The normalized spacial score (nSPS) is 19.4. The Bertz CT molecular complexity index is 456. The first-order valence-electron chi connectivity index (χ1n) is 7.62. The maximum absolute atomic E-state index is 5.83. The van der Waals surface area contributed by atoms with Crippen LogP contribution in [0.5, 0.6) is 0 Å². The summed E-state index contributed by atoms with van der Waals surface area (Å²) < 4.78 is 0. The van der Waals surface area contributed by atoms with Crippen LogP contribution in [0.25, 0.3) is 0 Å². The van der Waals surface area contributed by atoms with Gasteiger partial charge in [-0.1, -0.05) is 13.3 Å². The zero-order chi connectivity index (χ0) is 14.8. The first-order chi connectivity index (χ1) is 9.46. The number of hydrogen-bond acceptors (Lipinski definition) is 4. The van der Waals surface area contributed by atoms with Crippen LogP contribution in [-0.4, -0.2) is 42.1 Å². The highest BCUT2D eigenvalue weighted by molar-refractivity contribution is 5.44. The second-order valence-corrected chi connectivity index (χ2v) is 6.43. The summed E-state index contributed by atoms with van der Waals surface area (Å²) in [7, 11) is 2.20. The highest BCUT2D eigenvalue weighted by Gasteiger charge is 2.31. The van der Waals surface area contributed by atoms with Crippen molar-refractivity contribution in [3.8, 4) is 0 Å². The van der Waals surface area contributed by atoms with E-state index in [0.717, 1.165) is 38.3 Å². The summed E-state index contributed by atoms with van der Waals surface area (Å²) in [4.78, 5) is 9.66.